The van der Waals surface area contributed by atoms with Crippen molar-refractivity contribution in [2.45, 2.75) is 12.5 Å². The zero-order chi connectivity index (χ0) is 15.4. The maximum atomic E-state index is 12.3. The molecule has 1 amide bonds. The molecule has 3 aromatic rings. The third-order valence-corrected chi connectivity index (χ3v) is 3.54. The first-order valence-corrected chi connectivity index (χ1v) is 7.14. The number of nitrogens with zero attached hydrogens (tertiary/aromatic N) is 2. The summed E-state index contributed by atoms with van der Waals surface area (Å²) in [6.45, 7) is -0.105. The van der Waals surface area contributed by atoms with E-state index in [4.69, 9.17) is 0 Å². The van der Waals surface area contributed by atoms with E-state index < -0.39 is 0 Å². The van der Waals surface area contributed by atoms with Crippen molar-refractivity contribution in [2.75, 3.05) is 6.61 Å². The van der Waals surface area contributed by atoms with Crippen LogP contribution in [0.5, 0.6) is 0 Å². The predicted octanol–water partition coefficient (Wildman–Crippen LogP) is 1.67. The number of aliphatic hydroxyl groups excluding tert-OH is 1. The van der Waals surface area contributed by atoms with E-state index in [1.165, 1.54) is 0 Å². The number of rotatable bonds is 5. The standard InChI is InChI=1S/C17H17N3O2/c21-12-15(10-13-4-2-1-3-5-13)19-17(22)14-6-8-20-9-7-18-16(20)11-14/h1-9,11,15,21H,10,12H2,(H,19,22)/t15-/m1/s1. The lowest BCUT2D eigenvalue weighted by atomic mass is 10.1. The summed E-state index contributed by atoms with van der Waals surface area (Å²) in [6.07, 6.45) is 5.89. The molecule has 0 spiro atoms. The number of nitrogens with one attached hydrogen (secondary N) is 1. The van der Waals surface area contributed by atoms with Crippen molar-refractivity contribution >= 4 is 11.6 Å². The molecule has 0 saturated heterocycles. The number of aliphatic hydroxyl groups is 1. The molecular formula is C17H17N3O2. The molecular weight excluding hydrogens is 278 g/mol. The van der Waals surface area contributed by atoms with Crippen LogP contribution in [0.15, 0.2) is 61.1 Å². The van der Waals surface area contributed by atoms with Crippen LogP contribution in [0, 0.1) is 0 Å². The number of carbonyl (C=O) groups excluding carboxylic acids is 1. The van der Waals surface area contributed by atoms with E-state index in [9.17, 15) is 9.90 Å². The van der Waals surface area contributed by atoms with Gasteiger partial charge in [0, 0.05) is 24.2 Å². The largest absolute Gasteiger partial charge is 0.394 e. The zero-order valence-corrected chi connectivity index (χ0v) is 12.0. The first kappa shape index (κ1) is 14.3. The van der Waals surface area contributed by atoms with E-state index in [1.54, 1.807) is 24.5 Å². The minimum Gasteiger partial charge on any atom is -0.394 e. The smallest absolute Gasteiger partial charge is 0.251 e. The Morgan fingerprint density at radius 2 is 2.05 bits per heavy atom. The Balaban J connectivity index is 1.71. The second-order valence-electron chi connectivity index (χ2n) is 5.15. The fourth-order valence-corrected chi connectivity index (χ4v) is 2.38. The third kappa shape index (κ3) is 3.15. The zero-order valence-electron chi connectivity index (χ0n) is 12.0. The van der Waals surface area contributed by atoms with E-state index >= 15 is 0 Å². The summed E-state index contributed by atoms with van der Waals surface area (Å²) >= 11 is 0. The number of fused-ring (bicyclic) bond motifs is 1. The van der Waals surface area contributed by atoms with Gasteiger partial charge in [-0.05, 0) is 24.1 Å². The second-order valence-corrected chi connectivity index (χ2v) is 5.15. The van der Waals surface area contributed by atoms with Gasteiger partial charge < -0.3 is 14.8 Å². The molecule has 2 N–H and O–H groups in total. The van der Waals surface area contributed by atoms with Crippen LogP contribution < -0.4 is 5.32 Å². The minimum absolute atomic E-state index is 0.105. The molecule has 1 aromatic carbocycles. The molecule has 0 bridgehead atoms. The van der Waals surface area contributed by atoms with Gasteiger partial charge in [0.1, 0.15) is 5.65 Å². The van der Waals surface area contributed by atoms with Crippen molar-refractivity contribution in [1.82, 2.24) is 14.7 Å². The summed E-state index contributed by atoms with van der Waals surface area (Å²) in [7, 11) is 0. The highest BCUT2D eigenvalue weighted by Gasteiger charge is 2.14. The number of pyridine rings is 1. The summed E-state index contributed by atoms with van der Waals surface area (Å²) in [5.74, 6) is -0.208. The lowest BCUT2D eigenvalue weighted by Gasteiger charge is -2.16. The number of aromatic nitrogens is 2. The SMILES string of the molecule is O=C(N[C@@H](CO)Cc1ccccc1)c1ccn2ccnc2c1. The Bertz CT molecular complexity index is 768. The lowest BCUT2D eigenvalue weighted by molar-refractivity contribution is 0.0916. The van der Waals surface area contributed by atoms with Crippen LogP contribution in [0.4, 0.5) is 0 Å². The Morgan fingerprint density at radius 1 is 1.23 bits per heavy atom. The third-order valence-electron chi connectivity index (χ3n) is 3.54. The maximum Gasteiger partial charge on any atom is 0.251 e. The molecule has 2 heterocycles. The number of carbonyl (C=O) groups is 1. The van der Waals surface area contributed by atoms with Crippen LogP contribution in [0.25, 0.3) is 5.65 Å². The first-order chi connectivity index (χ1) is 10.8. The molecule has 0 aliphatic heterocycles. The molecule has 2 aromatic heterocycles. The first-order valence-electron chi connectivity index (χ1n) is 7.14. The molecule has 0 saturated carbocycles. The number of imidazole rings is 1. The summed E-state index contributed by atoms with van der Waals surface area (Å²) in [4.78, 5) is 16.5. The molecule has 5 nitrogen and oxygen atoms in total. The van der Waals surface area contributed by atoms with E-state index in [1.807, 2.05) is 40.9 Å². The summed E-state index contributed by atoms with van der Waals surface area (Å²) in [5.41, 5.74) is 2.33. The van der Waals surface area contributed by atoms with Crippen LogP contribution in [0.2, 0.25) is 0 Å². The molecule has 3 rings (SSSR count). The van der Waals surface area contributed by atoms with Gasteiger partial charge in [0.15, 0.2) is 0 Å². The molecule has 0 unspecified atom stereocenters. The monoisotopic (exact) mass is 295 g/mol. The highest BCUT2D eigenvalue weighted by molar-refractivity contribution is 5.95. The fraction of sp³-hybridized carbons (Fsp3) is 0.176. The van der Waals surface area contributed by atoms with Crippen molar-refractivity contribution in [3.05, 3.63) is 72.2 Å². The van der Waals surface area contributed by atoms with Crippen LogP contribution in [-0.4, -0.2) is 33.0 Å². The Morgan fingerprint density at radius 3 is 2.82 bits per heavy atom. The second kappa shape index (κ2) is 6.41. The van der Waals surface area contributed by atoms with Gasteiger partial charge in [0.2, 0.25) is 0 Å². The lowest BCUT2D eigenvalue weighted by Crippen LogP contribution is -2.39. The van der Waals surface area contributed by atoms with E-state index in [0.29, 0.717) is 12.0 Å². The number of hydrogen-bond donors (Lipinski definition) is 2. The summed E-state index contributed by atoms with van der Waals surface area (Å²) in [5, 5.41) is 12.4. The van der Waals surface area contributed by atoms with Crippen molar-refractivity contribution in [1.29, 1.82) is 0 Å². The van der Waals surface area contributed by atoms with Gasteiger partial charge in [-0.25, -0.2) is 4.98 Å². The van der Waals surface area contributed by atoms with E-state index in [-0.39, 0.29) is 18.6 Å². The van der Waals surface area contributed by atoms with Crippen molar-refractivity contribution in [3.8, 4) is 0 Å². The average Bonchev–Trinajstić information content (AvgIpc) is 3.02. The molecule has 1 atom stereocenters. The topological polar surface area (TPSA) is 66.6 Å². The van der Waals surface area contributed by atoms with E-state index in [0.717, 1.165) is 11.2 Å². The van der Waals surface area contributed by atoms with Crippen LogP contribution >= 0.6 is 0 Å². The fourth-order valence-electron chi connectivity index (χ4n) is 2.38. The highest BCUT2D eigenvalue weighted by Crippen LogP contribution is 2.07. The van der Waals surface area contributed by atoms with Crippen LogP contribution in [0.1, 0.15) is 15.9 Å². The van der Waals surface area contributed by atoms with Gasteiger partial charge in [0.05, 0.1) is 12.6 Å². The number of benzene rings is 1. The van der Waals surface area contributed by atoms with E-state index in [2.05, 4.69) is 10.3 Å². The van der Waals surface area contributed by atoms with Crippen LogP contribution in [-0.2, 0) is 6.42 Å². The van der Waals surface area contributed by atoms with Gasteiger partial charge in [-0.3, -0.25) is 4.79 Å². The average molecular weight is 295 g/mol. The summed E-state index contributed by atoms with van der Waals surface area (Å²) < 4.78 is 1.84. The quantitative estimate of drug-likeness (QED) is 0.752. The highest BCUT2D eigenvalue weighted by atomic mass is 16.3. The number of amides is 1. The van der Waals surface area contributed by atoms with Crippen molar-refractivity contribution in [3.63, 3.8) is 0 Å². The molecule has 22 heavy (non-hydrogen) atoms. The minimum atomic E-state index is -0.314. The summed E-state index contributed by atoms with van der Waals surface area (Å²) in [6, 6.07) is 12.9. The van der Waals surface area contributed by atoms with Gasteiger partial charge in [-0.2, -0.15) is 0 Å². The van der Waals surface area contributed by atoms with Gasteiger partial charge in [-0.15, -0.1) is 0 Å². The Hall–Kier alpha value is -2.66. The van der Waals surface area contributed by atoms with Crippen molar-refractivity contribution in [2.24, 2.45) is 0 Å². The Labute approximate surface area is 128 Å². The van der Waals surface area contributed by atoms with Gasteiger partial charge >= 0.3 is 0 Å². The Kier molecular flexibility index (Phi) is 4.16. The molecule has 5 heteroatoms. The van der Waals surface area contributed by atoms with Crippen LogP contribution in [0.3, 0.4) is 0 Å². The molecule has 0 aliphatic carbocycles. The number of hydrogen-bond acceptors (Lipinski definition) is 3. The maximum absolute atomic E-state index is 12.3. The molecule has 0 radical (unpaired) electrons. The van der Waals surface area contributed by atoms with Gasteiger partial charge in [0.25, 0.3) is 5.91 Å². The predicted molar refractivity (Wildman–Crippen MR) is 83.7 cm³/mol. The molecule has 0 aliphatic rings. The van der Waals surface area contributed by atoms with Gasteiger partial charge in [-0.1, -0.05) is 30.3 Å². The normalized spacial score (nSPS) is 12.2. The van der Waals surface area contributed by atoms with Crippen molar-refractivity contribution < 1.29 is 9.90 Å². The molecule has 0 fully saturated rings. The molecule has 112 valence electrons.